The van der Waals surface area contributed by atoms with Gasteiger partial charge < -0.3 is 4.74 Å². The minimum atomic E-state index is -3.88. The van der Waals surface area contributed by atoms with Gasteiger partial charge in [-0.3, -0.25) is 9.59 Å². The van der Waals surface area contributed by atoms with Crippen LogP contribution in [0.15, 0.2) is 12.2 Å². The number of sulfonamides is 1. The molecule has 1 aliphatic rings. The topological polar surface area (TPSA) is 80.8 Å². The Kier molecular flexibility index (Phi) is 5.88. The third-order valence-electron chi connectivity index (χ3n) is 2.91. The number of nitrogens with zero attached hydrogens (tertiary/aromatic N) is 1. The number of Topliss-reactive ketones (excluding diaryl/α,β-unsaturated/α-hetero) is 1. The van der Waals surface area contributed by atoms with Crippen molar-refractivity contribution >= 4 is 21.8 Å². The Balaban J connectivity index is 2.98. The van der Waals surface area contributed by atoms with Crippen LogP contribution in [0.5, 0.6) is 0 Å². The number of rotatable bonds is 5. The van der Waals surface area contributed by atoms with Crippen LogP contribution >= 0.6 is 0 Å². The molecule has 1 unspecified atom stereocenters. The van der Waals surface area contributed by atoms with Crippen LogP contribution in [0.25, 0.3) is 0 Å². The number of carbonyl (C=O) groups is 2. The normalized spacial score (nSPS) is 22.5. The van der Waals surface area contributed by atoms with Crippen molar-refractivity contribution in [3.63, 3.8) is 0 Å². The second kappa shape index (κ2) is 6.99. The smallest absolute Gasteiger partial charge is 0.326 e. The summed E-state index contributed by atoms with van der Waals surface area (Å²) >= 11 is 0. The standard InChI is InChI=1S/C13H21NO5S/c1-4-11(15)9-14-8-6-5-7-12(20(14,17)18)13(16)19-10(2)3/h5-6,10,12H,4,7-9H2,1-3H3. The van der Waals surface area contributed by atoms with Crippen LogP contribution < -0.4 is 0 Å². The van der Waals surface area contributed by atoms with E-state index in [2.05, 4.69) is 0 Å². The highest BCUT2D eigenvalue weighted by Gasteiger charge is 2.39. The monoisotopic (exact) mass is 303 g/mol. The maximum Gasteiger partial charge on any atom is 0.326 e. The molecule has 0 aromatic carbocycles. The van der Waals surface area contributed by atoms with E-state index >= 15 is 0 Å². The van der Waals surface area contributed by atoms with E-state index in [4.69, 9.17) is 4.74 Å². The van der Waals surface area contributed by atoms with E-state index in [1.807, 2.05) is 0 Å². The fourth-order valence-corrected chi connectivity index (χ4v) is 3.44. The molecule has 0 radical (unpaired) electrons. The third-order valence-corrected chi connectivity index (χ3v) is 5.01. The van der Waals surface area contributed by atoms with E-state index in [0.717, 1.165) is 4.31 Å². The molecule has 1 aliphatic heterocycles. The zero-order valence-electron chi connectivity index (χ0n) is 12.0. The Morgan fingerprint density at radius 2 is 2.00 bits per heavy atom. The van der Waals surface area contributed by atoms with Gasteiger partial charge in [-0.25, -0.2) is 8.42 Å². The molecule has 1 atom stereocenters. The van der Waals surface area contributed by atoms with Crippen LogP contribution in [0.4, 0.5) is 0 Å². The van der Waals surface area contributed by atoms with Crippen LogP contribution in [-0.2, 0) is 24.3 Å². The van der Waals surface area contributed by atoms with Crippen LogP contribution in [-0.4, -0.2) is 48.9 Å². The van der Waals surface area contributed by atoms with Gasteiger partial charge >= 0.3 is 5.97 Å². The van der Waals surface area contributed by atoms with E-state index in [-0.39, 0.29) is 37.8 Å². The number of carbonyl (C=O) groups excluding carboxylic acids is 2. The molecule has 0 N–H and O–H groups in total. The fourth-order valence-electron chi connectivity index (χ4n) is 1.81. The predicted octanol–water partition coefficient (Wildman–Crippen LogP) is 0.877. The molecule has 0 bridgehead atoms. The van der Waals surface area contributed by atoms with Gasteiger partial charge in [-0.2, -0.15) is 4.31 Å². The average molecular weight is 303 g/mol. The molecule has 20 heavy (non-hydrogen) atoms. The highest BCUT2D eigenvalue weighted by atomic mass is 32.2. The molecule has 0 fully saturated rings. The molecule has 6 nitrogen and oxygen atoms in total. The van der Waals surface area contributed by atoms with E-state index in [1.54, 1.807) is 32.9 Å². The zero-order chi connectivity index (χ0) is 15.3. The number of ether oxygens (including phenoxy) is 1. The van der Waals surface area contributed by atoms with Crippen LogP contribution in [0.3, 0.4) is 0 Å². The molecule has 7 heteroatoms. The largest absolute Gasteiger partial charge is 0.462 e. The summed E-state index contributed by atoms with van der Waals surface area (Å²) in [5, 5.41) is -1.27. The van der Waals surface area contributed by atoms with Gasteiger partial charge in [0.25, 0.3) is 0 Å². The average Bonchev–Trinajstić information content (AvgIpc) is 2.48. The van der Waals surface area contributed by atoms with Gasteiger partial charge in [-0.1, -0.05) is 19.1 Å². The summed E-state index contributed by atoms with van der Waals surface area (Å²) in [5.74, 6) is -0.944. The highest BCUT2D eigenvalue weighted by Crippen LogP contribution is 2.19. The molecule has 1 rings (SSSR count). The number of esters is 1. The highest BCUT2D eigenvalue weighted by molar-refractivity contribution is 7.90. The molecule has 0 aliphatic carbocycles. The first-order chi connectivity index (χ1) is 9.28. The molecule has 0 aromatic rings. The molecule has 0 saturated heterocycles. The predicted molar refractivity (Wildman–Crippen MR) is 74.6 cm³/mol. The number of hydrogen-bond acceptors (Lipinski definition) is 5. The molecule has 0 spiro atoms. The SMILES string of the molecule is CCC(=O)CN1CC=CCC(C(=O)OC(C)C)S1(=O)=O. The van der Waals surface area contributed by atoms with Crippen LogP contribution in [0.1, 0.15) is 33.6 Å². The quantitative estimate of drug-likeness (QED) is 0.556. The van der Waals surface area contributed by atoms with Crippen molar-refractivity contribution in [3.05, 3.63) is 12.2 Å². The Morgan fingerprint density at radius 1 is 1.35 bits per heavy atom. The Morgan fingerprint density at radius 3 is 2.55 bits per heavy atom. The van der Waals surface area contributed by atoms with Gasteiger partial charge in [0.05, 0.1) is 12.6 Å². The van der Waals surface area contributed by atoms with Crippen molar-refractivity contribution in [2.75, 3.05) is 13.1 Å². The maximum atomic E-state index is 12.4. The van der Waals surface area contributed by atoms with Crippen molar-refractivity contribution in [2.24, 2.45) is 0 Å². The van der Waals surface area contributed by atoms with E-state index in [0.29, 0.717) is 0 Å². The summed E-state index contributed by atoms with van der Waals surface area (Å²) in [4.78, 5) is 23.4. The maximum absolute atomic E-state index is 12.4. The number of allylic oxidation sites excluding steroid dienone is 1. The molecule has 0 saturated carbocycles. The van der Waals surface area contributed by atoms with Crippen molar-refractivity contribution in [2.45, 2.75) is 45.0 Å². The first-order valence-corrected chi connectivity index (χ1v) is 8.15. The van der Waals surface area contributed by atoms with Gasteiger partial charge in [0.15, 0.2) is 5.25 Å². The van der Waals surface area contributed by atoms with Gasteiger partial charge in [-0.05, 0) is 20.3 Å². The summed E-state index contributed by atoms with van der Waals surface area (Å²) < 4.78 is 30.9. The van der Waals surface area contributed by atoms with Gasteiger partial charge in [0.2, 0.25) is 10.0 Å². The molecule has 0 amide bonds. The summed E-state index contributed by atoms with van der Waals surface area (Å²) in [6, 6.07) is 0. The van der Waals surface area contributed by atoms with E-state index in [1.165, 1.54) is 0 Å². The third kappa shape index (κ3) is 4.14. The van der Waals surface area contributed by atoms with Crippen LogP contribution in [0.2, 0.25) is 0 Å². The second-order valence-corrected chi connectivity index (χ2v) is 7.03. The minimum Gasteiger partial charge on any atom is -0.462 e. The van der Waals surface area contributed by atoms with E-state index in [9.17, 15) is 18.0 Å². The molecular weight excluding hydrogens is 282 g/mol. The van der Waals surface area contributed by atoms with Crippen molar-refractivity contribution in [3.8, 4) is 0 Å². The first-order valence-electron chi connectivity index (χ1n) is 6.65. The zero-order valence-corrected chi connectivity index (χ0v) is 12.9. The van der Waals surface area contributed by atoms with Crippen molar-refractivity contribution < 1.29 is 22.7 Å². The Hall–Kier alpha value is -1.21. The minimum absolute atomic E-state index is 0.0741. The lowest BCUT2D eigenvalue weighted by Gasteiger charge is -2.23. The molecule has 0 aromatic heterocycles. The van der Waals surface area contributed by atoms with Crippen LogP contribution in [0, 0.1) is 0 Å². The summed E-state index contributed by atoms with van der Waals surface area (Å²) in [6.07, 6.45) is 3.25. The lowest BCUT2D eigenvalue weighted by Crippen LogP contribution is -2.44. The lowest BCUT2D eigenvalue weighted by molar-refractivity contribution is -0.146. The lowest BCUT2D eigenvalue weighted by atomic mass is 10.2. The van der Waals surface area contributed by atoms with Gasteiger partial charge in [-0.15, -0.1) is 0 Å². The van der Waals surface area contributed by atoms with Crippen molar-refractivity contribution in [1.82, 2.24) is 4.31 Å². The fraction of sp³-hybridized carbons (Fsp3) is 0.692. The first kappa shape index (κ1) is 16.8. The Bertz CT molecular complexity index is 495. The van der Waals surface area contributed by atoms with Crippen molar-refractivity contribution in [1.29, 1.82) is 0 Å². The van der Waals surface area contributed by atoms with E-state index < -0.39 is 21.2 Å². The summed E-state index contributed by atoms with van der Waals surface area (Å²) in [5.41, 5.74) is 0. The molecule has 1 heterocycles. The van der Waals surface area contributed by atoms with Gasteiger partial charge in [0.1, 0.15) is 5.78 Å². The molecular formula is C13H21NO5S. The summed E-state index contributed by atoms with van der Waals surface area (Å²) in [7, 11) is -3.88. The Labute approximate surface area is 119 Å². The summed E-state index contributed by atoms with van der Waals surface area (Å²) in [6.45, 7) is 4.91. The number of hydrogen-bond donors (Lipinski definition) is 0. The van der Waals surface area contributed by atoms with Gasteiger partial charge in [0, 0.05) is 13.0 Å². The second-order valence-electron chi connectivity index (χ2n) is 4.91. The molecule has 114 valence electrons. The number of ketones is 1.